The van der Waals surface area contributed by atoms with E-state index in [4.69, 9.17) is 14.2 Å². The second kappa shape index (κ2) is 11.1. The third kappa shape index (κ3) is 5.23. The van der Waals surface area contributed by atoms with Crippen molar-refractivity contribution in [3.8, 4) is 23.4 Å². The lowest BCUT2D eigenvalue weighted by Gasteiger charge is -2.28. The molecule has 2 aliphatic heterocycles. The summed E-state index contributed by atoms with van der Waals surface area (Å²) in [5, 5.41) is 3.64. The highest BCUT2D eigenvalue weighted by atomic mass is 32.2. The summed E-state index contributed by atoms with van der Waals surface area (Å²) in [6.07, 6.45) is 7.59. The van der Waals surface area contributed by atoms with E-state index in [-0.39, 0.29) is 24.4 Å². The molecule has 188 valence electrons. The van der Waals surface area contributed by atoms with E-state index in [0.717, 1.165) is 25.9 Å². The molecular weight excluding hydrogens is 484 g/mol. The van der Waals surface area contributed by atoms with E-state index in [1.165, 1.54) is 22.6 Å². The Morgan fingerprint density at radius 2 is 2.17 bits per heavy atom. The minimum absolute atomic E-state index is 0.0531. The number of thioether (sulfide) groups is 1. The van der Waals surface area contributed by atoms with Crippen LogP contribution in [0.4, 0.5) is 5.82 Å². The van der Waals surface area contributed by atoms with Crippen LogP contribution >= 0.6 is 11.8 Å². The first-order valence-electron chi connectivity index (χ1n) is 11.8. The number of hydrogen-bond acceptors (Lipinski definition) is 9. The molecule has 12 heteroatoms. The highest BCUT2D eigenvalue weighted by Gasteiger charge is 2.27. The average molecular weight is 511 g/mol. The Kier molecular flexibility index (Phi) is 7.50. The van der Waals surface area contributed by atoms with Gasteiger partial charge in [0.2, 0.25) is 0 Å². The summed E-state index contributed by atoms with van der Waals surface area (Å²) in [5.74, 6) is 7.24. The van der Waals surface area contributed by atoms with E-state index in [0.29, 0.717) is 59.6 Å². The lowest BCUT2D eigenvalue weighted by molar-refractivity contribution is -0.154. The lowest BCUT2D eigenvalue weighted by atomic mass is 10.2. The van der Waals surface area contributed by atoms with Gasteiger partial charge >= 0.3 is 0 Å². The number of pyridine rings is 1. The second-order valence-corrected chi connectivity index (χ2v) is 9.03. The first kappa shape index (κ1) is 24.3. The topological polar surface area (TPSA) is 124 Å². The number of hydrogen-bond donors (Lipinski definition) is 1. The van der Waals surface area contributed by atoms with Gasteiger partial charge in [-0.05, 0) is 44.1 Å². The molecule has 1 fully saturated rings. The quantitative estimate of drug-likeness (QED) is 0.221. The SMILES string of the molecule is CSc1ncc2c(=O)[nH]n(-c3ccc4c(n3)N(CCCC#CCOC3CCCCO3)C(=O)CO4)c2n1. The molecule has 0 aliphatic carbocycles. The Morgan fingerprint density at radius 1 is 1.25 bits per heavy atom. The van der Waals surface area contributed by atoms with Crippen molar-refractivity contribution in [1.82, 2.24) is 24.7 Å². The zero-order valence-corrected chi connectivity index (χ0v) is 20.7. The van der Waals surface area contributed by atoms with Crippen LogP contribution in [0.25, 0.3) is 16.9 Å². The van der Waals surface area contributed by atoms with Gasteiger partial charge in [-0.3, -0.25) is 19.6 Å². The molecule has 1 amide bonds. The minimum atomic E-state index is -0.320. The Hall–Kier alpha value is -3.40. The van der Waals surface area contributed by atoms with Crippen LogP contribution in [0.15, 0.2) is 28.3 Å². The number of nitrogens with one attached hydrogen (secondary N) is 1. The molecule has 1 N–H and O–H groups in total. The van der Waals surface area contributed by atoms with Gasteiger partial charge < -0.3 is 14.2 Å². The summed E-state index contributed by atoms with van der Waals surface area (Å²) in [6.45, 7) is 1.46. The van der Waals surface area contributed by atoms with Crippen molar-refractivity contribution in [3.05, 3.63) is 28.7 Å². The number of rotatable bonds is 7. The Labute approximate surface area is 211 Å². The highest BCUT2D eigenvalue weighted by molar-refractivity contribution is 7.98. The molecule has 1 atom stereocenters. The summed E-state index contributed by atoms with van der Waals surface area (Å²) in [6, 6.07) is 3.45. The molecule has 0 aromatic carbocycles. The molecule has 0 bridgehead atoms. The standard InChI is InChI=1S/C24H26N6O5S/c1-36-24-25-14-16-21(27-24)30(28-23(16)32)18-10-9-17-22(26-18)29(19(31)15-35-17)11-5-2-3-6-12-33-20-8-4-7-13-34-20/h9-10,14,20H,2,4-5,7-8,11-13,15H2,1H3,(H,28,32). The van der Waals surface area contributed by atoms with E-state index < -0.39 is 0 Å². The molecule has 1 unspecified atom stereocenters. The number of carbonyl (C=O) groups is 1. The normalized spacial score (nSPS) is 17.4. The maximum Gasteiger partial charge on any atom is 0.275 e. The van der Waals surface area contributed by atoms with Crippen molar-refractivity contribution in [1.29, 1.82) is 0 Å². The molecule has 2 aliphatic rings. The third-order valence-corrected chi connectivity index (χ3v) is 6.41. The fraction of sp³-hybridized carbons (Fsp3) is 0.458. The van der Waals surface area contributed by atoms with Gasteiger partial charge in [-0.25, -0.2) is 19.6 Å². The van der Waals surface area contributed by atoms with Gasteiger partial charge in [0, 0.05) is 25.8 Å². The molecule has 3 aromatic heterocycles. The number of amides is 1. The van der Waals surface area contributed by atoms with Gasteiger partial charge in [0.25, 0.3) is 11.5 Å². The van der Waals surface area contributed by atoms with E-state index >= 15 is 0 Å². The molecule has 0 radical (unpaired) electrons. The van der Waals surface area contributed by atoms with Crippen LogP contribution in [-0.2, 0) is 14.3 Å². The maximum atomic E-state index is 12.6. The fourth-order valence-corrected chi connectivity index (χ4v) is 4.37. The summed E-state index contributed by atoms with van der Waals surface area (Å²) in [7, 11) is 0. The molecule has 1 saturated heterocycles. The van der Waals surface area contributed by atoms with Gasteiger partial charge in [0.05, 0.1) is 0 Å². The number of aromatic nitrogens is 5. The average Bonchev–Trinajstić information content (AvgIpc) is 3.25. The zero-order valence-electron chi connectivity index (χ0n) is 19.9. The van der Waals surface area contributed by atoms with Crippen LogP contribution in [0.5, 0.6) is 5.75 Å². The van der Waals surface area contributed by atoms with Crippen molar-refractivity contribution in [2.45, 2.75) is 43.6 Å². The van der Waals surface area contributed by atoms with Crippen LogP contribution in [0, 0.1) is 11.8 Å². The smallest absolute Gasteiger partial charge is 0.275 e. The molecule has 36 heavy (non-hydrogen) atoms. The van der Waals surface area contributed by atoms with Crippen LogP contribution in [0.3, 0.4) is 0 Å². The van der Waals surface area contributed by atoms with Gasteiger partial charge in [0.1, 0.15) is 12.0 Å². The number of aromatic amines is 1. The highest BCUT2D eigenvalue weighted by Crippen LogP contribution is 2.31. The zero-order chi connectivity index (χ0) is 24.9. The van der Waals surface area contributed by atoms with Crippen molar-refractivity contribution in [2.24, 2.45) is 0 Å². The molecule has 0 spiro atoms. The molecular formula is C24H26N6O5S. The van der Waals surface area contributed by atoms with Crippen molar-refractivity contribution in [2.75, 3.05) is 37.5 Å². The predicted octanol–water partition coefficient (Wildman–Crippen LogP) is 2.28. The van der Waals surface area contributed by atoms with Gasteiger partial charge in [-0.15, -0.1) is 5.92 Å². The van der Waals surface area contributed by atoms with Gasteiger partial charge in [-0.1, -0.05) is 17.7 Å². The van der Waals surface area contributed by atoms with E-state index in [9.17, 15) is 9.59 Å². The summed E-state index contributed by atoms with van der Waals surface area (Å²) >= 11 is 1.37. The van der Waals surface area contributed by atoms with Crippen LogP contribution < -0.4 is 15.2 Å². The van der Waals surface area contributed by atoms with E-state index in [2.05, 4.69) is 31.9 Å². The molecule has 5 rings (SSSR count). The van der Waals surface area contributed by atoms with Crippen molar-refractivity contribution in [3.63, 3.8) is 0 Å². The molecule has 0 saturated carbocycles. The predicted molar refractivity (Wildman–Crippen MR) is 133 cm³/mol. The number of carbonyl (C=O) groups excluding carboxylic acids is 1. The van der Waals surface area contributed by atoms with Crippen LogP contribution in [0.2, 0.25) is 0 Å². The minimum Gasteiger partial charge on any atom is -0.480 e. The van der Waals surface area contributed by atoms with E-state index in [1.807, 2.05) is 6.26 Å². The van der Waals surface area contributed by atoms with Crippen molar-refractivity contribution >= 4 is 34.5 Å². The number of nitrogens with zero attached hydrogens (tertiary/aromatic N) is 5. The number of unbranched alkanes of at least 4 members (excludes halogenated alkanes) is 1. The third-order valence-electron chi connectivity index (χ3n) is 5.85. The number of anilines is 1. The number of fused-ring (bicyclic) bond motifs is 2. The van der Waals surface area contributed by atoms with Crippen LogP contribution in [0.1, 0.15) is 32.1 Å². The Morgan fingerprint density at radius 3 is 3.00 bits per heavy atom. The fourth-order valence-electron chi connectivity index (χ4n) is 4.03. The summed E-state index contributed by atoms with van der Waals surface area (Å²) in [5.41, 5.74) is 0.0940. The molecule has 11 nitrogen and oxygen atoms in total. The van der Waals surface area contributed by atoms with Crippen LogP contribution in [-0.4, -0.2) is 69.6 Å². The number of H-pyrrole nitrogens is 1. The number of ether oxygens (including phenoxy) is 3. The lowest BCUT2D eigenvalue weighted by Crippen LogP contribution is -2.40. The Bertz CT molecular complexity index is 1370. The van der Waals surface area contributed by atoms with Gasteiger partial charge in [0.15, 0.2) is 41.1 Å². The monoisotopic (exact) mass is 510 g/mol. The first-order chi connectivity index (χ1) is 17.6. The Balaban J connectivity index is 1.28. The first-order valence-corrected chi connectivity index (χ1v) is 13.0. The molecule has 5 heterocycles. The van der Waals surface area contributed by atoms with Gasteiger partial charge in [-0.2, -0.15) is 0 Å². The molecule has 3 aromatic rings. The van der Waals surface area contributed by atoms with E-state index in [1.54, 1.807) is 17.0 Å². The second-order valence-electron chi connectivity index (χ2n) is 8.26. The summed E-state index contributed by atoms with van der Waals surface area (Å²) in [4.78, 5) is 39.9. The summed E-state index contributed by atoms with van der Waals surface area (Å²) < 4.78 is 18.2. The largest absolute Gasteiger partial charge is 0.480 e. The maximum absolute atomic E-state index is 12.6. The van der Waals surface area contributed by atoms with Crippen molar-refractivity contribution < 1.29 is 19.0 Å².